The second-order valence-electron chi connectivity index (χ2n) is 7.80. The molecular formula is C20H29N3O4. The lowest BCUT2D eigenvalue weighted by atomic mass is 10.0. The Hall–Kier alpha value is -2.57. The fourth-order valence-corrected chi connectivity index (χ4v) is 3.11. The van der Waals surface area contributed by atoms with Crippen LogP contribution in [-0.4, -0.2) is 48.0 Å². The molecular weight excluding hydrogens is 346 g/mol. The highest BCUT2D eigenvalue weighted by Gasteiger charge is 2.39. The van der Waals surface area contributed by atoms with Gasteiger partial charge in [0.1, 0.15) is 5.60 Å². The van der Waals surface area contributed by atoms with Crippen LogP contribution in [0.4, 0.5) is 4.79 Å². The fourth-order valence-electron chi connectivity index (χ4n) is 3.11. The second kappa shape index (κ2) is 8.41. The molecule has 1 heterocycles. The lowest BCUT2D eigenvalue weighted by molar-refractivity contribution is -0.125. The van der Waals surface area contributed by atoms with Crippen LogP contribution in [0.3, 0.4) is 0 Å². The molecule has 7 nitrogen and oxygen atoms in total. The van der Waals surface area contributed by atoms with Gasteiger partial charge in [-0.15, -0.1) is 0 Å². The standard InChI is InChI=1S/C20H29N3O4/c1-13-16(10-11-23(13)19(26)27-20(2,3)4)18(25)22-12-14-6-8-15(9-7-14)17(24)21-5/h6-9,13,16H,10-12H2,1-5H3,(H,21,24)(H,22,25)/t13-,16+/m0/s1. The Morgan fingerprint density at radius 2 is 1.81 bits per heavy atom. The third kappa shape index (κ3) is 5.45. The lowest BCUT2D eigenvalue weighted by Gasteiger charge is -2.28. The van der Waals surface area contributed by atoms with Crippen molar-refractivity contribution in [3.05, 3.63) is 35.4 Å². The van der Waals surface area contributed by atoms with Crippen LogP contribution >= 0.6 is 0 Å². The molecule has 1 aliphatic rings. The third-order valence-electron chi connectivity index (χ3n) is 4.63. The predicted molar refractivity (Wildman–Crippen MR) is 102 cm³/mol. The van der Waals surface area contributed by atoms with Gasteiger partial charge >= 0.3 is 6.09 Å². The van der Waals surface area contributed by atoms with Gasteiger partial charge in [-0.25, -0.2) is 4.79 Å². The molecule has 7 heteroatoms. The maximum Gasteiger partial charge on any atom is 0.410 e. The van der Waals surface area contributed by atoms with E-state index in [0.717, 1.165) is 5.56 Å². The van der Waals surface area contributed by atoms with Crippen LogP contribution < -0.4 is 10.6 Å². The van der Waals surface area contributed by atoms with E-state index in [1.165, 1.54) is 0 Å². The Labute approximate surface area is 160 Å². The number of likely N-dealkylation sites (tertiary alicyclic amines) is 1. The van der Waals surface area contributed by atoms with Crippen molar-refractivity contribution in [2.75, 3.05) is 13.6 Å². The number of nitrogens with one attached hydrogen (secondary N) is 2. The molecule has 0 aliphatic carbocycles. The minimum atomic E-state index is -0.558. The van der Waals surface area contributed by atoms with Crippen molar-refractivity contribution in [3.8, 4) is 0 Å². The minimum absolute atomic E-state index is 0.0797. The highest BCUT2D eigenvalue weighted by atomic mass is 16.6. The second-order valence-corrected chi connectivity index (χ2v) is 7.80. The number of ether oxygens (including phenoxy) is 1. The first-order valence-electron chi connectivity index (χ1n) is 9.20. The van der Waals surface area contributed by atoms with Crippen molar-refractivity contribution in [2.24, 2.45) is 5.92 Å². The van der Waals surface area contributed by atoms with E-state index >= 15 is 0 Å². The number of amides is 3. The highest BCUT2D eigenvalue weighted by molar-refractivity contribution is 5.93. The summed E-state index contributed by atoms with van der Waals surface area (Å²) in [5.74, 6) is -0.487. The van der Waals surface area contributed by atoms with Crippen LogP contribution in [-0.2, 0) is 16.1 Å². The van der Waals surface area contributed by atoms with E-state index in [1.807, 2.05) is 39.8 Å². The molecule has 1 aromatic carbocycles. The zero-order chi connectivity index (χ0) is 20.2. The number of benzene rings is 1. The van der Waals surface area contributed by atoms with E-state index in [-0.39, 0.29) is 29.9 Å². The van der Waals surface area contributed by atoms with Gasteiger partial charge in [0.15, 0.2) is 0 Å². The normalized spacial score (nSPS) is 19.5. The molecule has 0 aromatic heterocycles. The molecule has 0 radical (unpaired) electrons. The average molecular weight is 375 g/mol. The first kappa shape index (κ1) is 20.7. The van der Waals surface area contributed by atoms with Crippen molar-refractivity contribution in [1.29, 1.82) is 0 Å². The molecule has 1 saturated heterocycles. The van der Waals surface area contributed by atoms with Gasteiger partial charge < -0.3 is 20.3 Å². The number of carbonyl (C=O) groups is 3. The average Bonchev–Trinajstić information content (AvgIpc) is 2.99. The van der Waals surface area contributed by atoms with E-state index in [1.54, 1.807) is 24.1 Å². The molecule has 2 N–H and O–H groups in total. The Morgan fingerprint density at radius 1 is 1.19 bits per heavy atom. The van der Waals surface area contributed by atoms with Gasteiger partial charge in [-0.05, 0) is 51.8 Å². The van der Waals surface area contributed by atoms with Crippen LogP contribution in [0.5, 0.6) is 0 Å². The summed E-state index contributed by atoms with van der Waals surface area (Å²) in [6, 6.07) is 6.87. The molecule has 1 fully saturated rings. The van der Waals surface area contributed by atoms with Crippen molar-refractivity contribution in [2.45, 2.75) is 52.3 Å². The van der Waals surface area contributed by atoms with Crippen molar-refractivity contribution < 1.29 is 19.1 Å². The maximum atomic E-state index is 12.5. The Balaban J connectivity index is 1.89. The molecule has 0 saturated carbocycles. The molecule has 1 aliphatic heterocycles. The van der Waals surface area contributed by atoms with E-state index in [4.69, 9.17) is 4.74 Å². The fraction of sp³-hybridized carbons (Fsp3) is 0.550. The summed E-state index contributed by atoms with van der Waals surface area (Å²) in [7, 11) is 1.58. The molecule has 1 aromatic rings. The SMILES string of the molecule is CNC(=O)c1ccc(CNC(=O)[C@@H]2CCN(C(=O)OC(C)(C)C)[C@H]2C)cc1. The molecule has 2 atom stereocenters. The maximum absolute atomic E-state index is 12.5. The Kier molecular flexibility index (Phi) is 6.46. The largest absolute Gasteiger partial charge is 0.444 e. The Morgan fingerprint density at radius 3 is 2.37 bits per heavy atom. The Bertz CT molecular complexity index is 694. The van der Waals surface area contributed by atoms with Crippen LogP contribution in [0.2, 0.25) is 0 Å². The van der Waals surface area contributed by atoms with Gasteiger partial charge in [0.25, 0.3) is 5.91 Å². The molecule has 0 unspecified atom stereocenters. The number of rotatable bonds is 4. The summed E-state index contributed by atoms with van der Waals surface area (Å²) < 4.78 is 5.41. The first-order chi connectivity index (χ1) is 12.6. The summed E-state index contributed by atoms with van der Waals surface area (Å²) in [5.41, 5.74) is 0.925. The number of nitrogens with zero attached hydrogens (tertiary/aromatic N) is 1. The quantitative estimate of drug-likeness (QED) is 0.845. The first-order valence-corrected chi connectivity index (χ1v) is 9.20. The van der Waals surface area contributed by atoms with Crippen LogP contribution in [0.1, 0.15) is 50.0 Å². The van der Waals surface area contributed by atoms with Gasteiger partial charge in [-0.1, -0.05) is 12.1 Å². The molecule has 148 valence electrons. The molecule has 27 heavy (non-hydrogen) atoms. The van der Waals surface area contributed by atoms with Gasteiger partial charge in [-0.3, -0.25) is 9.59 Å². The summed E-state index contributed by atoms with van der Waals surface area (Å²) in [5, 5.41) is 5.49. The van der Waals surface area contributed by atoms with Crippen LogP contribution in [0.15, 0.2) is 24.3 Å². The number of hydrogen-bond acceptors (Lipinski definition) is 4. The highest BCUT2D eigenvalue weighted by Crippen LogP contribution is 2.26. The number of carbonyl (C=O) groups excluding carboxylic acids is 3. The van der Waals surface area contributed by atoms with Gasteiger partial charge in [0.2, 0.25) is 5.91 Å². The molecule has 0 spiro atoms. The lowest BCUT2D eigenvalue weighted by Crippen LogP contribution is -2.43. The van der Waals surface area contributed by atoms with E-state index in [9.17, 15) is 14.4 Å². The summed E-state index contributed by atoms with van der Waals surface area (Å²) in [6.07, 6.45) is 0.233. The van der Waals surface area contributed by atoms with E-state index in [0.29, 0.717) is 25.1 Å². The van der Waals surface area contributed by atoms with Gasteiger partial charge in [-0.2, -0.15) is 0 Å². The predicted octanol–water partition coefficient (Wildman–Crippen LogP) is 2.31. The number of hydrogen-bond donors (Lipinski definition) is 2. The molecule has 3 amide bonds. The van der Waals surface area contributed by atoms with Crippen molar-refractivity contribution in [3.63, 3.8) is 0 Å². The van der Waals surface area contributed by atoms with Crippen molar-refractivity contribution in [1.82, 2.24) is 15.5 Å². The zero-order valence-electron chi connectivity index (χ0n) is 16.7. The summed E-state index contributed by atoms with van der Waals surface area (Å²) in [4.78, 5) is 38.0. The van der Waals surface area contributed by atoms with Gasteiger partial charge in [0.05, 0.1) is 5.92 Å². The van der Waals surface area contributed by atoms with E-state index < -0.39 is 5.60 Å². The topological polar surface area (TPSA) is 87.7 Å². The zero-order valence-corrected chi connectivity index (χ0v) is 16.7. The minimum Gasteiger partial charge on any atom is -0.444 e. The molecule has 2 rings (SSSR count). The van der Waals surface area contributed by atoms with Crippen LogP contribution in [0.25, 0.3) is 0 Å². The smallest absolute Gasteiger partial charge is 0.410 e. The summed E-state index contributed by atoms with van der Waals surface area (Å²) in [6.45, 7) is 8.23. The monoisotopic (exact) mass is 375 g/mol. The summed E-state index contributed by atoms with van der Waals surface area (Å²) >= 11 is 0. The van der Waals surface area contributed by atoms with Crippen molar-refractivity contribution >= 4 is 17.9 Å². The van der Waals surface area contributed by atoms with Gasteiger partial charge in [0, 0.05) is 31.7 Å². The third-order valence-corrected chi connectivity index (χ3v) is 4.63. The van der Waals surface area contributed by atoms with E-state index in [2.05, 4.69) is 10.6 Å². The van der Waals surface area contributed by atoms with Crippen LogP contribution in [0, 0.1) is 5.92 Å². The molecule has 0 bridgehead atoms.